The Morgan fingerprint density at radius 2 is 1.65 bits per heavy atom. The van der Waals surface area contributed by atoms with Gasteiger partial charge in [0.2, 0.25) is 5.95 Å². The maximum absolute atomic E-state index is 5.58. The molecular weight excluding hydrogens is 408 g/mol. The molecule has 0 radical (unpaired) electrons. The molecular formula is C23H32N6OS. The first kappa shape index (κ1) is 21.8. The van der Waals surface area contributed by atoms with Crippen molar-refractivity contribution in [2.24, 2.45) is 5.92 Å². The number of morpholine rings is 1. The van der Waals surface area contributed by atoms with E-state index in [-0.39, 0.29) is 6.04 Å². The van der Waals surface area contributed by atoms with Crippen LogP contribution >= 0.6 is 12.2 Å². The van der Waals surface area contributed by atoms with Crippen molar-refractivity contribution in [1.29, 1.82) is 0 Å². The highest BCUT2D eigenvalue weighted by Gasteiger charge is 2.21. The molecule has 8 heteroatoms. The Balaban J connectivity index is 1.51. The van der Waals surface area contributed by atoms with Gasteiger partial charge < -0.3 is 25.2 Å². The molecule has 0 bridgehead atoms. The van der Waals surface area contributed by atoms with Crippen LogP contribution in [0.2, 0.25) is 0 Å². The molecule has 2 aromatic rings. The van der Waals surface area contributed by atoms with Crippen LogP contribution in [-0.2, 0) is 4.74 Å². The molecule has 1 aromatic heterocycles. The van der Waals surface area contributed by atoms with Crippen molar-refractivity contribution in [3.8, 4) is 0 Å². The van der Waals surface area contributed by atoms with Crippen molar-refractivity contribution in [3.63, 3.8) is 0 Å². The lowest BCUT2D eigenvalue weighted by molar-refractivity contribution is 0.122. The van der Waals surface area contributed by atoms with Gasteiger partial charge in [-0.3, -0.25) is 0 Å². The molecule has 2 saturated heterocycles. The van der Waals surface area contributed by atoms with E-state index in [1.807, 2.05) is 18.2 Å². The first-order valence-corrected chi connectivity index (χ1v) is 11.6. The van der Waals surface area contributed by atoms with Gasteiger partial charge in [-0.1, -0.05) is 37.3 Å². The molecule has 2 aliphatic rings. The summed E-state index contributed by atoms with van der Waals surface area (Å²) < 4.78 is 5.52. The van der Waals surface area contributed by atoms with Crippen molar-refractivity contribution in [2.75, 3.05) is 54.5 Å². The summed E-state index contributed by atoms with van der Waals surface area (Å²) in [6, 6.07) is 12.5. The number of anilines is 3. The zero-order chi connectivity index (χ0) is 21.6. The first-order chi connectivity index (χ1) is 15.1. The molecule has 1 unspecified atom stereocenters. The predicted molar refractivity (Wildman–Crippen MR) is 130 cm³/mol. The molecule has 31 heavy (non-hydrogen) atoms. The molecule has 7 nitrogen and oxygen atoms in total. The minimum absolute atomic E-state index is 0.0895. The van der Waals surface area contributed by atoms with Crippen molar-refractivity contribution in [1.82, 2.24) is 15.3 Å². The highest BCUT2D eigenvalue weighted by atomic mass is 32.1. The van der Waals surface area contributed by atoms with Crippen LogP contribution in [0.15, 0.2) is 36.4 Å². The monoisotopic (exact) mass is 440 g/mol. The average molecular weight is 441 g/mol. The molecule has 3 heterocycles. The van der Waals surface area contributed by atoms with Crippen LogP contribution in [0.5, 0.6) is 0 Å². The predicted octanol–water partition coefficient (Wildman–Crippen LogP) is 3.60. The molecule has 2 aliphatic heterocycles. The van der Waals surface area contributed by atoms with Gasteiger partial charge >= 0.3 is 0 Å². The Morgan fingerprint density at radius 1 is 1.03 bits per heavy atom. The lowest BCUT2D eigenvalue weighted by Gasteiger charge is -2.33. The fourth-order valence-electron chi connectivity index (χ4n) is 3.99. The maximum atomic E-state index is 5.58. The van der Waals surface area contributed by atoms with Gasteiger partial charge in [0.25, 0.3) is 0 Å². The van der Waals surface area contributed by atoms with E-state index in [2.05, 4.69) is 52.5 Å². The fraction of sp³-hybridized carbons (Fsp3) is 0.522. The van der Waals surface area contributed by atoms with Gasteiger partial charge in [0.15, 0.2) is 5.11 Å². The first-order valence-electron chi connectivity index (χ1n) is 11.2. The van der Waals surface area contributed by atoms with E-state index >= 15 is 0 Å². The number of piperidine rings is 1. The summed E-state index contributed by atoms with van der Waals surface area (Å²) in [7, 11) is 0. The minimum atomic E-state index is 0.0895. The van der Waals surface area contributed by atoms with Crippen molar-refractivity contribution in [3.05, 3.63) is 42.0 Å². The number of aromatic nitrogens is 2. The molecule has 2 fully saturated rings. The topological polar surface area (TPSA) is 65.6 Å². The number of thiocarbonyl (C=S) groups is 1. The largest absolute Gasteiger partial charge is 0.378 e. The quantitative estimate of drug-likeness (QED) is 0.684. The summed E-state index contributed by atoms with van der Waals surface area (Å²) in [5, 5.41) is 7.09. The summed E-state index contributed by atoms with van der Waals surface area (Å²) in [5.74, 6) is 3.19. The third-order valence-corrected chi connectivity index (χ3v) is 6.23. The lowest BCUT2D eigenvalue weighted by atomic mass is 9.99. The highest BCUT2D eigenvalue weighted by Crippen LogP contribution is 2.26. The van der Waals surface area contributed by atoms with Crippen LogP contribution in [0.4, 0.5) is 17.6 Å². The van der Waals surface area contributed by atoms with Crippen molar-refractivity contribution in [2.45, 2.75) is 32.7 Å². The second-order valence-electron chi connectivity index (χ2n) is 8.41. The van der Waals surface area contributed by atoms with Crippen LogP contribution in [0.3, 0.4) is 0 Å². The molecule has 0 aliphatic carbocycles. The van der Waals surface area contributed by atoms with E-state index < -0.39 is 0 Å². The summed E-state index contributed by atoms with van der Waals surface area (Å²) in [5.41, 5.74) is 1.18. The van der Waals surface area contributed by atoms with Gasteiger partial charge in [-0.2, -0.15) is 9.97 Å². The van der Waals surface area contributed by atoms with E-state index in [1.54, 1.807) is 0 Å². The lowest BCUT2D eigenvalue weighted by Crippen LogP contribution is -2.38. The molecule has 0 spiro atoms. The number of hydrogen-bond acceptors (Lipinski definition) is 6. The Labute approximate surface area is 190 Å². The van der Waals surface area contributed by atoms with Gasteiger partial charge in [-0.25, -0.2) is 0 Å². The molecule has 4 rings (SSSR count). The SMILES string of the molecule is CC1CCN(c2cc(N3CCOCC3)nc(NC(=S)NC(C)c3ccccc3)n2)CC1. The van der Waals surface area contributed by atoms with E-state index in [9.17, 15) is 0 Å². The molecule has 0 saturated carbocycles. The number of hydrogen-bond donors (Lipinski definition) is 2. The highest BCUT2D eigenvalue weighted by molar-refractivity contribution is 7.80. The number of nitrogens with one attached hydrogen (secondary N) is 2. The van der Waals surface area contributed by atoms with E-state index in [1.165, 1.54) is 18.4 Å². The van der Waals surface area contributed by atoms with Gasteiger partial charge in [0, 0.05) is 32.2 Å². The molecule has 166 valence electrons. The Kier molecular flexibility index (Phi) is 7.19. The van der Waals surface area contributed by atoms with Gasteiger partial charge in [-0.15, -0.1) is 0 Å². The van der Waals surface area contributed by atoms with Crippen LogP contribution in [0, 0.1) is 5.92 Å². The van der Waals surface area contributed by atoms with Crippen LogP contribution in [-0.4, -0.2) is 54.5 Å². The molecule has 0 amide bonds. The summed E-state index contributed by atoms with van der Waals surface area (Å²) in [6.07, 6.45) is 2.38. The third-order valence-electron chi connectivity index (χ3n) is 6.01. The van der Waals surface area contributed by atoms with Crippen LogP contribution < -0.4 is 20.4 Å². The van der Waals surface area contributed by atoms with Crippen molar-refractivity contribution < 1.29 is 4.74 Å². The van der Waals surface area contributed by atoms with Gasteiger partial charge in [0.1, 0.15) is 11.6 Å². The molecule has 1 atom stereocenters. The van der Waals surface area contributed by atoms with Crippen molar-refractivity contribution >= 4 is 34.9 Å². The zero-order valence-corrected chi connectivity index (χ0v) is 19.2. The summed E-state index contributed by atoms with van der Waals surface area (Å²) >= 11 is 5.58. The minimum Gasteiger partial charge on any atom is -0.378 e. The average Bonchev–Trinajstić information content (AvgIpc) is 2.80. The number of nitrogens with zero attached hydrogens (tertiary/aromatic N) is 4. The van der Waals surface area contributed by atoms with Gasteiger partial charge in [0.05, 0.1) is 19.3 Å². The van der Waals surface area contributed by atoms with E-state index in [4.69, 9.17) is 26.9 Å². The summed E-state index contributed by atoms with van der Waals surface area (Å²) in [4.78, 5) is 14.2. The van der Waals surface area contributed by atoms with Crippen LogP contribution in [0.25, 0.3) is 0 Å². The molecule has 2 N–H and O–H groups in total. The normalized spacial score (nSPS) is 18.5. The Bertz CT molecular complexity index is 866. The second-order valence-corrected chi connectivity index (χ2v) is 8.82. The second kappa shape index (κ2) is 10.2. The smallest absolute Gasteiger partial charge is 0.232 e. The van der Waals surface area contributed by atoms with Crippen LogP contribution in [0.1, 0.15) is 38.3 Å². The summed E-state index contributed by atoms with van der Waals surface area (Å²) in [6.45, 7) is 9.56. The number of rotatable bonds is 5. The standard InChI is InChI=1S/C23H32N6OS/c1-17-8-10-28(11-9-17)20-16-21(29-12-14-30-15-13-29)26-22(25-20)27-23(31)24-18(2)19-6-4-3-5-7-19/h3-7,16-18H,8-15H2,1-2H3,(H2,24,25,26,27,31). The molecule has 1 aromatic carbocycles. The zero-order valence-electron chi connectivity index (χ0n) is 18.4. The Morgan fingerprint density at radius 3 is 2.29 bits per heavy atom. The number of ether oxygens (including phenoxy) is 1. The number of benzene rings is 1. The van der Waals surface area contributed by atoms with Gasteiger partial charge in [-0.05, 0) is 43.5 Å². The fourth-order valence-corrected chi connectivity index (χ4v) is 4.26. The Hall–Kier alpha value is -2.45. The third kappa shape index (κ3) is 5.83. The van der Waals surface area contributed by atoms with E-state index in [0.717, 1.165) is 56.9 Å². The maximum Gasteiger partial charge on any atom is 0.232 e. The van der Waals surface area contributed by atoms with E-state index in [0.29, 0.717) is 11.1 Å².